The Kier molecular flexibility index (Phi) is 4.00. The summed E-state index contributed by atoms with van der Waals surface area (Å²) >= 11 is 6.43. The molecule has 4 aliphatic heterocycles. The number of hydrogen-bond donors (Lipinski definition) is 1. The Labute approximate surface area is 191 Å². The van der Waals surface area contributed by atoms with Crippen LogP contribution in [0.15, 0.2) is 30.3 Å². The lowest BCUT2D eigenvalue weighted by Gasteiger charge is -2.37. The molecule has 0 aliphatic carbocycles. The largest absolute Gasteiger partial charge is 0.324 e. The fourth-order valence-corrected chi connectivity index (χ4v) is 6.92. The average molecular weight is 450 g/mol. The van der Waals surface area contributed by atoms with Crippen molar-refractivity contribution in [2.24, 2.45) is 11.8 Å². The topological polar surface area (TPSA) is 69.7 Å². The standard InChI is InChI=1S/C25H24ClN3O3/c1-12-6-4-7-17(14(12)3)29-22(30)19-18-8-5-9-28(18)25(20(19)23(29)31)16-11-15(26)10-13(2)21(16)27-24(25)32/h4,6-7,10-11,18-20H,5,8-9H2,1-3H3,(H,27,32)/t18-,19+,20+,25+/m0/s1. The Morgan fingerprint density at radius 2 is 1.84 bits per heavy atom. The van der Waals surface area contributed by atoms with Gasteiger partial charge in [0, 0.05) is 22.3 Å². The molecule has 6 rings (SSSR count). The van der Waals surface area contributed by atoms with Crippen LogP contribution in [0.25, 0.3) is 0 Å². The first-order valence-corrected chi connectivity index (χ1v) is 11.5. The molecule has 0 unspecified atom stereocenters. The molecule has 32 heavy (non-hydrogen) atoms. The Bertz CT molecular complexity index is 1240. The van der Waals surface area contributed by atoms with Gasteiger partial charge in [-0.2, -0.15) is 0 Å². The molecule has 0 radical (unpaired) electrons. The minimum absolute atomic E-state index is 0.137. The van der Waals surface area contributed by atoms with Gasteiger partial charge in [0.15, 0.2) is 0 Å². The Hall–Kier alpha value is -2.70. The van der Waals surface area contributed by atoms with E-state index >= 15 is 0 Å². The summed E-state index contributed by atoms with van der Waals surface area (Å²) in [5.74, 6) is -2.01. The van der Waals surface area contributed by atoms with Crippen LogP contribution in [0.1, 0.15) is 35.1 Å². The summed E-state index contributed by atoms with van der Waals surface area (Å²) in [7, 11) is 0. The van der Waals surface area contributed by atoms with Crippen molar-refractivity contribution in [1.29, 1.82) is 0 Å². The first-order valence-electron chi connectivity index (χ1n) is 11.1. The van der Waals surface area contributed by atoms with Gasteiger partial charge >= 0.3 is 0 Å². The minimum atomic E-state index is -1.20. The Balaban J connectivity index is 1.59. The maximum absolute atomic E-state index is 14.0. The maximum Gasteiger partial charge on any atom is 0.250 e. The van der Waals surface area contributed by atoms with Crippen molar-refractivity contribution in [2.75, 3.05) is 16.8 Å². The second kappa shape index (κ2) is 6.42. The van der Waals surface area contributed by atoms with Gasteiger partial charge in [-0.25, -0.2) is 4.90 Å². The number of hydrogen-bond acceptors (Lipinski definition) is 4. The minimum Gasteiger partial charge on any atom is -0.324 e. The van der Waals surface area contributed by atoms with Crippen molar-refractivity contribution in [1.82, 2.24) is 4.90 Å². The molecule has 0 saturated carbocycles. The molecule has 164 valence electrons. The molecule has 2 aromatic rings. The highest BCUT2D eigenvalue weighted by Gasteiger charge is 2.74. The van der Waals surface area contributed by atoms with Gasteiger partial charge in [-0.3, -0.25) is 19.3 Å². The molecule has 7 heteroatoms. The van der Waals surface area contributed by atoms with E-state index in [1.807, 2.05) is 45.0 Å². The van der Waals surface area contributed by atoms with Gasteiger partial charge in [-0.15, -0.1) is 0 Å². The molecular weight excluding hydrogens is 426 g/mol. The van der Waals surface area contributed by atoms with Crippen LogP contribution in [0.4, 0.5) is 11.4 Å². The number of imide groups is 1. The van der Waals surface area contributed by atoms with E-state index in [1.165, 1.54) is 4.90 Å². The molecular formula is C25H24ClN3O3. The smallest absolute Gasteiger partial charge is 0.250 e. The molecule has 1 spiro atoms. The first kappa shape index (κ1) is 19.9. The normalized spacial score (nSPS) is 30.8. The predicted octanol–water partition coefficient (Wildman–Crippen LogP) is 3.70. The first-order chi connectivity index (χ1) is 15.3. The van der Waals surface area contributed by atoms with Crippen molar-refractivity contribution in [3.8, 4) is 0 Å². The van der Waals surface area contributed by atoms with E-state index in [-0.39, 0.29) is 23.8 Å². The van der Waals surface area contributed by atoms with Gasteiger partial charge in [-0.05, 0) is 75.0 Å². The molecule has 0 bridgehead atoms. The van der Waals surface area contributed by atoms with Crippen LogP contribution in [-0.2, 0) is 19.9 Å². The molecule has 3 fully saturated rings. The quantitative estimate of drug-likeness (QED) is 0.674. The van der Waals surface area contributed by atoms with Crippen LogP contribution in [0, 0.1) is 32.6 Å². The van der Waals surface area contributed by atoms with Crippen LogP contribution in [0.3, 0.4) is 0 Å². The summed E-state index contributed by atoms with van der Waals surface area (Å²) < 4.78 is 0. The lowest BCUT2D eigenvalue weighted by Crippen LogP contribution is -2.54. The monoisotopic (exact) mass is 449 g/mol. The molecule has 1 N–H and O–H groups in total. The lowest BCUT2D eigenvalue weighted by molar-refractivity contribution is -0.135. The van der Waals surface area contributed by atoms with Gasteiger partial charge in [0.2, 0.25) is 17.7 Å². The molecule has 4 heterocycles. The van der Waals surface area contributed by atoms with Crippen molar-refractivity contribution in [3.63, 3.8) is 0 Å². The van der Waals surface area contributed by atoms with Crippen LogP contribution in [0.5, 0.6) is 0 Å². The summed E-state index contributed by atoms with van der Waals surface area (Å²) in [6.07, 6.45) is 1.69. The molecule has 2 aromatic carbocycles. The number of rotatable bonds is 1. The SMILES string of the molecule is Cc1cccc(N2C(=O)[C@@H]3[C@@H]4CCCN4[C@@]4(C(=O)Nc5c(C)cc(Cl)cc54)[C@H]3C2=O)c1C. The fourth-order valence-electron chi connectivity index (χ4n) is 6.65. The van der Waals surface area contributed by atoms with Crippen molar-refractivity contribution in [2.45, 2.75) is 45.2 Å². The van der Waals surface area contributed by atoms with E-state index in [0.29, 0.717) is 17.3 Å². The van der Waals surface area contributed by atoms with E-state index in [4.69, 9.17) is 11.6 Å². The maximum atomic E-state index is 14.0. The number of nitrogens with one attached hydrogen (secondary N) is 1. The zero-order chi connectivity index (χ0) is 22.5. The number of amides is 3. The van der Waals surface area contributed by atoms with Crippen LogP contribution < -0.4 is 10.2 Å². The number of halogens is 1. The second-order valence-electron chi connectivity index (χ2n) is 9.50. The summed E-state index contributed by atoms with van der Waals surface area (Å²) in [5.41, 5.74) is 3.66. The van der Waals surface area contributed by atoms with Gasteiger partial charge in [0.05, 0.1) is 17.5 Å². The summed E-state index contributed by atoms with van der Waals surface area (Å²) in [6.45, 7) is 6.48. The summed E-state index contributed by atoms with van der Waals surface area (Å²) in [4.78, 5) is 45.1. The van der Waals surface area contributed by atoms with E-state index < -0.39 is 17.4 Å². The lowest BCUT2D eigenvalue weighted by atomic mass is 9.75. The molecule has 3 amide bonds. The third-order valence-electron chi connectivity index (χ3n) is 8.08. The third-order valence-corrected chi connectivity index (χ3v) is 8.30. The number of fused-ring (bicyclic) bond motifs is 7. The summed E-state index contributed by atoms with van der Waals surface area (Å²) in [5, 5.41) is 3.57. The highest BCUT2D eigenvalue weighted by atomic mass is 35.5. The van der Waals surface area contributed by atoms with E-state index in [2.05, 4.69) is 10.2 Å². The summed E-state index contributed by atoms with van der Waals surface area (Å²) in [6, 6.07) is 9.14. The van der Waals surface area contributed by atoms with Crippen molar-refractivity contribution >= 4 is 40.7 Å². The van der Waals surface area contributed by atoms with E-state index in [0.717, 1.165) is 40.8 Å². The van der Waals surface area contributed by atoms with Crippen LogP contribution >= 0.6 is 11.6 Å². The number of carbonyl (C=O) groups is 3. The Morgan fingerprint density at radius 1 is 1.06 bits per heavy atom. The molecule has 4 atom stereocenters. The number of carbonyl (C=O) groups excluding carboxylic acids is 3. The number of benzene rings is 2. The molecule has 3 saturated heterocycles. The number of aryl methyl sites for hydroxylation is 2. The number of nitrogens with zero attached hydrogens (tertiary/aromatic N) is 2. The zero-order valence-corrected chi connectivity index (χ0v) is 19.0. The van der Waals surface area contributed by atoms with Gasteiger partial charge in [0.25, 0.3) is 0 Å². The Morgan fingerprint density at radius 3 is 2.62 bits per heavy atom. The predicted molar refractivity (Wildman–Crippen MR) is 122 cm³/mol. The van der Waals surface area contributed by atoms with Crippen molar-refractivity contribution < 1.29 is 14.4 Å². The second-order valence-corrected chi connectivity index (χ2v) is 9.94. The van der Waals surface area contributed by atoms with Crippen molar-refractivity contribution in [3.05, 3.63) is 57.6 Å². The van der Waals surface area contributed by atoms with Gasteiger partial charge < -0.3 is 5.32 Å². The number of anilines is 2. The van der Waals surface area contributed by atoms with Crippen LogP contribution in [-0.4, -0.2) is 35.2 Å². The van der Waals surface area contributed by atoms with Gasteiger partial charge in [-0.1, -0.05) is 23.7 Å². The molecule has 4 aliphatic rings. The average Bonchev–Trinajstić information content (AvgIpc) is 3.44. The van der Waals surface area contributed by atoms with E-state index in [1.54, 1.807) is 6.07 Å². The highest BCUT2D eigenvalue weighted by Crippen LogP contribution is 2.61. The van der Waals surface area contributed by atoms with Gasteiger partial charge in [0.1, 0.15) is 5.54 Å². The fraction of sp³-hybridized carbons (Fsp3) is 0.400. The zero-order valence-electron chi connectivity index (χ0n) is 18.2. The highest BCUT2D eigenvalue weighted by molar-refractivity contribution is 6.31. The molecule has 0 aromatic heterocycles. The van der Waals surface area contributed by atoms with Crippen LogP contribution in [0.2, 0.25) is 5.02 Å². The van der Waals surface area contributed by atoms with E-state index in [9.17, 15) is 14.4 Å². The third kappa shape index (κ3) is 2.17. The molecule has 6 nitrogen and oxygen atoms in total.